The molecule has 2 aromatic heterocycles. The third kappa shape index (κ3) is 3.50. The van der Waals surface area contributed by atoms with Crippen molar-refractivity contribution in [3.63, 3.8) is 0 Å². The molecule has 0 saturated heterocycles. The summed E-state index contributed by atoms with van der Waals surface area (Å²) < 4.78 is 5.28. The predicted molar refractivity (Wildman–Crippen MR) is 205 cm³/mol. The zero-order valence-corrected chi connectivity index (χ0v) is 27.3. The number of rotatable bonds is 2. The van der Waals surface area contributed by atoms with E-state index in [0.717, 1.165) is 6.42 Å². The minimum atomic E-state index is -0.129. The average Bonchev–Trinajstić information content (AvgIpc) is 3.81. The molecule has 48 heavy (non-hydrogen) atoms. The molecule has 5 aromatic carbocycles. The van der Waals surface area contributed by atoms with E-state index in [9.17, 15) is 0 Å². The first kappa shape index (κ1) is 26.6. The molecule has 3 nitrogen and oxygen atoms in total. The summed E-state index contributed by atoms with van der Waals surface area (Å²) in [6.45, 7) is 0. The maximum atomic E-state index is 5.59. The molecule has 4 heteroatoms. The van der Waals surface area contributed by atoms with Crippen LogP contribution in [0, 0.1) is 11.8 Å². The molecule has 228 valence electrons. The van der Waals surface area contributed by atoms with E-state index in [-0.39, 0.29) is 6.17 Å². The molecule has 0 bridgehead atoms. The van der Waals surface area contributed by atoms with Gasteiger partial charge in [0.1, 0.15) is 12.0 Å². The van der Waals surface area contributed by atoms with Crippen LogP contribution in [-0.4, -0.2) is 28.4 Å². The van der Waals surface area contributed by atoms with Gasteiger partial charge in [-0.1, -0.05) is 127 Å². The van der Waals surface area contributed by atoms with Gasteiger partial charge in [-0.3, -0.25) is 9.56 Å². The van der Waals surface area contributed by atoms with Gasteiger partial charge in [0, 0.05) is 67.2 Å². The van der Waals surface area contributed by atoms with Crippen LogP contribution in [0.1, 0.15) is 11.1 Å². The van der Waals surface area contributed by atoms with E-state index in [0.29, 0.717) is 11.8 Å². The van der Waals surface area contributed by atoms with Crippen LogP contribution in [0.15, 0.2) is 150 Å². The number of hydrogen-bond acceptors (Lipinski definition) is 3. The van der Waals surface area contributed by atoms with E-state index >= 15 is 0 Å². The van der Waals surface area contributed by atoms with Gasteiger partial charge >= 0.3 is 0 Å². The number of para-hydroxylation sites is 1. The standard InChI is InChI=1S/C44H31N3S/c1-46-43(29-23-22-26-12-2-3-13-27(26)24-29)45-35-25-28-14-4-5-15-30(28)39(35)44(46)47-36-20-10-8-18-33(36)38-31-16-6-7-17-32(31)42-40(41(38)47)34-19-9-11-21-37(34)48-42/h2-24,26-27,43H,25H2,1H3. The highest BCUT2D eigenvalue weighted by Crippen LogP contribution is 2.50. The molecule has 3 atom stereocenters. The van der Waals surface area contributed by atoms with Crippen molar-refractivity contribution in [2.75, 3.05) is 7.05 Å². The molecule has 0 spiro atoms. The third-order valence-electron chi connectivity index (χ3n) is 10.9. The molecule has 3 unspecified atom stereocenters. The van der Waals surface area contributed by atoms with E-state index in [4.69, 9.17) is 4.99 Å². The molecular weight excluding hydrogens is 603 g/mol. The van der Waals surface area contributed by atoms with E-state index < -0.39 is 0 Å². The Bertz CT molecular complexity index is 2740. The van der Waals surface area contributed by atoms with Gasteiger partial charge in [-0.2, -0.15) is 0 Å². The minimum Gasteiger partial charge on any atom is -0.334 e. The predicted octanol–water partition coefficient (Wildman–Crippen LogP) is 10.8. The van der Waals surface area contributed by atoms with Crippen LogP contribution in [0.4, 0.5) is 0 Å². The largest absolute Gasteiger partial charge is 0.334 e. The number of nitrogens with zero attached hydrogens (tertiary/aromatic N) is 3. The Balaban J connectivity index is 1.30. The van der Waals surface area contributed by atoms with Gasteiger partial charge in [0.2, 0.25) is 0 Å². The van der Waals surface area contributed by atoms with Crippen molar-refractivity contribution in [1.29, 1.82) is 0 Å². The van der Waals surface area contributed by atoms with Crippen molar-refractivity contribution in [3.05, 3.63) is 156 Å². The van der Waals surface area contributed by atoms with Gasteiger partial charge in [0.05, 0.1) is 16.7 Å². The van der Waals surface area contributed by atoms with Crippen molar-refractivity contribution in [2.45, 2.75) is 12.6 Å². The van der Waals surface area contributed by atoms with E-state index in [1.807, 2.05) is 11.3 Å². The number of hydrogen-bond donors (Lipinski definition) is 0. The molecule has 3 aliphatic carbocycles. The molecular formula is C44H31N3S. The van der Waals surface area contributed by atoms with Crippen LogP contribution in [0.5, 0.6) is 0 Å². The summed E-state index contributed by atoms with van der Waals surface area (Å²) in [7, 11) is 2.26. The minimum absolute atomic E-state index is 0.129. The van der Waals surface area contributed by atoms with Crippen LogP contribution >= 0.6 is 11.3 Å². The Morgan fingerprint density at radius 1 is 0.708 bits per heavy atom. The van der Waals surface area contributed by atoms with E-state index in [2.05, 4.69) is 156 Å². The summed E-state index contributed by atoms with van der Waals surface area (Å²) in [4.78, 5) is 8.04. The zero-order valence-electron chi connectivity index (χ0n) is 26.5. The molecule has 0 saturated carbocycles. The lowest BCUT2D eigenvalue weighted by atomic mass is 9.82. The fourth-order valence-electron chi connectivity index (χ4n) is 8.81. The highest BCUT2D eigenvalue weighted by molar-refractivity contribution is 7.27. The van der Waals surface area contributed by atoms with Gasteiger partial charge in [-0.25, -0.2) is 0 Å². The topological polar surface area (TPSA) is 20.5 Å². The van der Waals surface area contributed by atoms with Crippen molar-refractivity contribution < 1.29 is 0 Å². The number of allylic oxidation sites excluding steroid dienone is 7. The van der Waals surface area contributed by atoms with Gasteiger partial charge < -0.3 is 4.90 Å². The second-order valence-electron chi connectivity index (χ2n) is 13.5. The molecule has 1 aliphatic heterocycles. The highest BCUT2D eigenvalue weighted by atomic mass is 32.1. The van der Waals surface area contributed by atoms with Crippen LogP contribution in [0.3, 0.4) is 0 Å². The monoisotopic (exact) mass is 633 g/mol. The van der Waals surface area contributed by atoms with Gasteiger partial charge in [0.15, 0.2) is 0 Å². The van der Waals surface area contributed by atoms with Crippen LogP contribution in [0.2, 0.25) is 0 Å². The normalized spacial score (nSPS) is 21.4. The fourth-order valence-corrected chi connectivity index (χ4v) is 10.1. The smallest absolute Gasteiger partial charge is 0.148 e. The van der Waals surface area contributed by atoms with Crippen molar-refractivity contribution in [1.82, 2.24) is 9.47 Å². The molecule has 0 N–H and O–H groups in total. The fraction of sp³-hybridized carbons (Fsp3) is 0.114. The summed E-state index contributed by atoms with van der Waals surface area (Å²) in [5.74, 6) is 1.98. The molecule has 0 radical (unpaired) electrons. The number of fused-ring (bicyclic) bond motifs is 14. The van der Waals surface area contributed by atoms with Crippen molar-refractivity contribution >= 4 is 81.2 Å². The van der Waals surface area contributed by atoms with Crippen molar-refractivity contribution in [3.8, 4) is 0 Å². The summed E-state index contributed by atoms with van der Waals surface area (Å²) in [5, 5.41) is 7.90. The second-order valence-corrected chi connectivity index (χ2v) is 14.5. The SMILES string of the molecule is CN1C(n2c3ccccc3c3c4ccccc4c4sc5ccccc5c4c32)=C2C(=NC1C1=CC3C=CC=CC3C=C1)Cc1ccccc12. The average molecular weight is 634 g/mol. The first-order chi connectivity index (χ1) is 23.7. The Hall–Kier alpha value is -5.45. The van der Waals surface area contributed by atoms with Gasteiger partial charge in [-0.05, 0) is 34.2 Å². The Morgan fingerprint density at radius 3 is 2.33 bits per heavy atom. The first-order valence-electron chi connectivity index (χ1n) is 16.9. The van der Waals surface area contributed by atoms with Crippen molar-refractivity contribution in [2.24, 2.45) is 16.8 Å². The lowest BCUT2D eigenvalue weighted by Crippen LogP contribution is -2.38. The number of likely N-dealkylation sites (N-methyl/N-ethyl adjacent to an activating group) is 1. The van der Waals surface area contributed by atoms with Gasteiger partial charge in [0.25, 0.3) is 0 Å². The maximum Gasteiger partial charge on any atom is 0.148 e. The van der Waals surface area contributed by atoms with Crippen LogP contribution in [0.25, 0.3) is 64.1 Å². The first-order valence-corrected chi connectivity index (χ1v) is 17.7. The third-order valence-corrected chi connectivity index (χ3v) is 12.1. The summed E-state index contributed by atoms with van der Waals surface area (Å²) >= 11 is 1.92. The van der Waals surface area contributed by atoms with E-state index in [1.54, 1.807) is 0 Å². The van der Waals surface area contributed by atoms with Crippen LogP contribution in [-0.2, 0) is 6.42 Å². The highest BCUT2D eigenvalue weighted by Gasteiger charge is 2.38. The lowest BCUT2D eigenvalue weighted by Gasteiger charge is -2.38. The lowest BCUT2D eigenvalue weighted by molar-refractivity contribution is 0.384. The molecule has 0 amide bonds. The number of benzene rings is 5. The molecule has 4 aliphatic rings. The van der Waals surface area contributed by atoms with E-state index in [1.165, 1.54) is 86.6 Å². The van der Waals surface area contributed by atoms with Crippen LogP contribution < -0.4 is 0 Å². The summed E-state index contributed by atoms with van der Waals surface area (Å²) in [6.07, 6.45) is 16.8. The molecule has 3 heterocycles. The Labute approximate surface area is 282 Å². The number of aliphatic imine (C=N–C) groups is 1. The Morgan fingerprint density at radius 2 is 1.44 bits per heavy atom. The molecule has 11 rings (SSSR count). The summed E-state index contributed by atoms with van der Waals surface area (Å²) in [5.41, 5.74) is 8.86. The number of thiophene rings is 1. The molecule has 0 fully saturated rings. The van der Waals surface area contributed by atoms with Gasteiger partial charge in [-0.15, -0.1) is 11.3 Å². The second kappa shape index (κ2) is 9.79. The summed E-state index contributed by atoms with van der Waals surface area (Å²) in [6, 6.07) is 35.9. The number of aromatic nitrogens is 1. The maximum absolute atomic E-state index is 5.59. The Kier molecular flexibility index (Phi) is 5.42. The quantitative estimate of drug-likeness (QED) is 0.186. The molecule has 7 aromatic rings. The zero-order chi connectivity index (χ0) is 31.5.